The number of carbonyl (C=O) groups is 1. The molecule has 0 spiro atoms. The SMILES string of the molecule is CC(/C=C/C=C(C)/C=C/C(=O)[C@@]1(C)C[C@@H](O)CC1(C)C)=C\C=C\C=C(C)\C=C\C=C(/C)[C@H]1C=C2C(C)(C)C[C@H](O)C[C@]2(C)O1. The lowest BCUT2D eigenvalue weighted by Gasteiger charge is -2.44. The molecule has 1 aliphatic heterocycles. The molecule has 3 aliphatic rings. The van der Waals surface area contributed by atoms with E-state index in [9.17, 15) is 15.0 Å². The zero-order chi connectivity index (χ0) is 32.9. The lowest BCUT2D eigenvalue weighted by Crippen LogP contribution is -2.45. The van der Waals surface area contributed by atoms with Gasteiger partial charge in [-0.2, -0.15) is 0 Å². The number of rotatable bonds is 10. The molecule has 0 saturated heterocycles. The van der Waals surface area contributed by atoms with Crippen LogP contribution in [-0.2, 0) is 9.53 Å². The Hall–Kier alpha value is -2.79. The van der Waals surface area contributed by atoms with Gasteiger partial charge in [-0.25, -0.2) is 0 Å². The van der Waals surface area contributed by atoms with Crippen LogP contribution in [0, 0.1) is 16.2 Å². The third-order valence-corrected chi connectivity index (χ3v) is 10.0. The Morgan fingerprint density at radius 3 is 1.80 bits per heavy atom. The summed E-state index contributed by atoms with van der Waals surface area (Å²) in [6.45, 7) is 20.9. The number of allylic oxidation sites excluding steroid dienone is 15. The molecule has 240 valence electrons. The summed E-state index contributed by atoms with van der Waals surface area (Å²) in [5.41, 5.74) is 4.53. The molecule has 0 radical (unpaired) electrons. The number of aliphatic hydroxyl groups is 2. The van der Waals surface area contributed by atoms with E-state index in [4.69, 9.17) is 4.74 Å². The van der Waals surface area contributed by atoms with Crippen LogP contribution >= 0.6 is 0 Å². The molecule has 2 fully saturated rings. The molecule has 2 saturated carbocycles. The van der Waals surface area contributed by atoms with Gasteiger partial charge in [0, 0.05) is 11.8 Å². The maximum absolute atomic E-state index is 12.9. The predicted molar refractivity (Wildman–Crippen MR) is 184 cm³/mol. The van der Waals surface area contributed by atoms with Crippen molar-refractivity contribution in [3.63, 3.8) is 0 Å². The molecule has 2 aliphatic carbocycles. The van der Waals surface area contributed by atoms with Crippen LogP contribution in [0.15, 0.2) is 107 Å². The minimum absolute atomic E-state index is 0.0579. The summed E-state index contributed by atoms with van der Waals surface area (Å²) in [6, 6.07) is 0. The molecule has 0 unspecified atom stereocenters. The molecule has 2 N–H and O–H groups in total. The average Bonchev–Trinajstić information content (AvgIpc) is 3.37. The molecule has 0 amide bonds. The summed E-state index contributed by atoms with van der Waals surface area (Å²) in [5, 5.41) is 20.5. The highest BCUT2D eigenvalue weighted by Gasteiger charge is 2.53. The highest BCUT2D eigenvalue weighted by Crippen LogP contribution is 2.53. The monoisotopic (exact) mass is 600 g/mol. The van der Waals surface area contributed by atoms with Crippen molar-refractivity contribution in [3.05, 3.63) is 107 Å². The first-order valence-corrected chi connectivity index (χ1v) is 16.1. The number of hydrogen-bond acceptors (Lipinski definition) is 4. The van der Waals surface area contributed by atoms with Crippen molar-refractivity contribution >= 4 is 5.78 Å². The van der Waals surface area contributed by atoms with E-state index in [2.05, 4.69) is 91.8 Å². The fraction of sp³-hybridized carbons (Fsp3) is 0.525. The molecule has 44 heavy (non-hydrogen) atoms. The standard InChI is InChI=1S/C40H56O4/c1-28(17-13-18-30(3)21-22-36(43)39(9)26-33(42)25-38(39,7)8)15-11-12-16-29(2)19-14-20-31(4)34-23-35-37(5,6)24-32(41)27-40(35,10)44-34/h11-23,32-34,41-42H,24-27H2,1-10H3/b12-11+,17-13+,19-14+,22-21+,28-15+,29-16+,30-18+,31-20+/t32-,33-,34+,39+,40-/m0/s1. The normalized spacial score (nSPS) is 33.3. The first kappa shape index (κ1) is 35.7. The maximum Gasteiger partial charge on any atom is 0.162 e. The van der Waals surface area contributed by atoms with Gasteiger partial charge in [0.1, 0.15) is 0 Å². The summed E-state index contributed by atoms with van der Waals surface area (Å²) in [5.74, 6) is 0.0827. The smallest absolute Gasteiger partial charge is 0.162 e. The van der Waals surface area contributed by atoms with Gasteiger partial charge in [0.05, 0.1) is 23.9 Å². The lowest BCUT2D eigenvalue weighted by atomic mass is 9.65. The number of aliphatic hydroxyl groups excluding tert-OH is 2. The van der Waals surface area contributed by atoms with Gasteiger partial charge in [-0.3, -0.25) is 4.79 Å². The molecule has 4 nitrogen and oxygen atoms in total. The van der Waals surface area contributed by atoms with E-state index in [-0.39, 0.29) is 28.8 Å². The summed E-state index contributed by atoms with van der Waals surface area (Å²) in [4.78, 5) is 12.9. The summed E-state index contributed by atoms with van der Waals surface area (Å²) >= 11 is 0. The van der Waals surface area contributed by atoms with Gasteiger partial charge in [-0.05, 0) is 88.0 Å². The molecule has 5 atom stereocenters. The number of ether oxygens (including phenoxy) is 1. The first-order chi connectivity index (χ1) is 20.4. The van der Waals surface area contributed by atoms with Crippen LogP contribution in [0.4, 0.5) is 0 Å². The molecule has 1 heterocycles. The van der Waals surface area contributed by atoms with E-state index >= 15 is 0 Å². The average molecular weight is 601 g/mol. The van der Waals surface area contributed by atoms with Gasteiger partial charge in [-0.1, -0.05) is 118 Å². The Morgan fingerprint density at radius 2 is 1.23 bits per heavy atom. The van der Waals surface area contributed by atoms with Gasteiger partial charge < -0.3 is 14.9 Å². The van der Waals surface area contributed by atoms with Crippen molar-refractivity contribution in [1.29, 1.82) is 0 Å². The second-order valence-electron chi connectivity index (χ2n) is 15.0. The van der Waals surface area contributed by atoms with E-state index in [1.54, 1.807) is 6.08 Å². The van der Waals surface area contributed by atoms with Gasteiger partial charge in [0.15, 0.2) is 5.78 Å². The van der Waals surface area contributed by atoms with Crippen LogP contribution in [0.1, 0.15) is 94.9 Å². The predicted octanol–water partition coefficient (Wildman–Crippen LogP) is 9.02. The topological polar surface area (TPSA) is 66.8 Å². The van der Waals surface area contributed by atoms with Crippen molar-refractivity contribution in [2.75, 3.05) is 0 Å². The Labute approximate surface area is 267 Å². The fourth-order valence-corrected chi connectivity index (χ4v) is 7.09. The van der Waals surface area contributed by atoms with Crippen molar-refractivity contribution < 1.29 is 19.7 Å². The van der Waals surface area contributed by atoms with E-state index < -0.39 is 17.1 Å². The van der Waals surface area contributed by atoms with E-state index in [1.807, 2.05) is 50.3 Å². The first-order valence-electron chi connectivity index (χ1n) is 16.1. The van der Waals surface area contributed by atoms with Crippen LogP contribution < -0.4 is 0 Å². The van der Waals surface area contributed by atoms with Gasteiger partial charge in [-0.15, -0.1) is 0 Å². The zero-order valence-electron chi connectivity index (χ0n) is 28.8. The fourth-order valence-electron chi connectivity index (χ4n) is 7.09. The van der Waals surface area contributed by atoms with Crippen molar-refractivity contribution in [2.45, 2.75) is 119 Å². The molecular formula is C40H56O4. The molecule has 0 aromatic rings. The van der Waals surface area contributed by atoms with Gasteiger partial charge in [0.25, 0.3) is 0 Å². The summed E-state index contributed by atoms with van der Waals surface area (Å²) in [6.07, 6.45) is 28.1. The molecule has 3 rings (SSSR count). The third kappa shape index (κ3) is 8.68. The summed E-state index contributed by atoms with van der Waals surface area (Å²) in [7, 11) is 0. The zero-order valence-corrected chi connectivity index (χ0v) is 28.8. The lowest BCUT2D eigenvalue weighted by molar-refractivity contribution is -0.127. The van der Waals surface area contributed by atoms with Crippen LogP contribution in [0.2, 0.25) is 0 Å². The number of carbonyl (C=O) groups excluding carboxylic acids is 1. The van der Waals surface area contributed by atoms with Crippen LogP contribution in [0.25, 0.3) is 0 Å². The van der Waals surface area contributed by atoms with Gasteiger partial charge in [0.2, 0.25) is 0 Å². The quantitative estimate of drug-likeness (QED) is 0.149. The molecule has 0 aromatic heterocycles. The number of ketones is 1. The molecule has 0 bridgehead atoms. The van der Waals surface area contributed by atoms with Crippen LogP contribution in [-0.4, -0.2) is 39.9 Å². The Kier molecular flexibility index (Phi) is 11.4. The van der Waals surface area contributed by atoms with Crippen LogP contribution in [0.5, 0.6) is 0 Å². The van der Waals surface area contributed by atoms with Crippen LogP contribution in [0.3, 0.4) is 0 Å². The number of hydrogen-bond donors (Lipinski definition) is 2. The highest BCUT2D eigenvalue weighted by atomic mass is 16.5. The van der Waals surface area contributed by atoms with Crippen molar-refractivity contribution in [1.82, 2.24) is 0 Å². The molecule has 0 aromatic carbocycles. The Morgan fingerprint density at radius 1 is 0.705 bits per heavy atom. The van der Waals surface area contributed by atoms with Gasteiger partial charge >= 0.3 is 0 Å². The van der Waals surface area contributed by atoms with E-state index in [0.29, 0.717) is 19.3 Å². The third-order valence-electron chi connectivity index (χ3n) is 10.0. The molecular weight excluding hydrogens is 544 g/mol. The summed E-state index contributed by atoms with van der Waals surface area (Å²) < 4.78 is 6.45. The van der Waals surface area contributed by atoms with Crippen molar-refractivity contribution in [2.24, 2.45) is 16.2 Å². The number of fused-ring (bicyclic) bond motifs is 1. The largest absolute Gasteiger partial charge is 0.393 e. The molecule has 4 heteroatoms. The maximum atomic E-state index is 12.9. The van der Waals surface area contributed by atoms with E-state index in [0.717, 1.165) is 28.7 Å². The van der Waals surface area contributed by atoms with E-state index in [1.165, 1.54) is 5.57 Å². The Balaban J connectivity index is 1.51. The minimum atomic E-state index is -0.535. The second kappa shape index (κ2) is 14.1. The Bertz CT molecular complexity index is 1360. The van der Waals surface area contributed by atoms with Crippen molar-refractivity contribution in [3.8, 4) is 0 Å². The highest BCUT2D eigenvalue weighted by molar-refractivity contribution is 5.95. The second-order valence-corrected chi connectivity index (χ2v) is 15.0. The minimum Gasteiger partial charge on any atom is -0.393 e.